The summed E-state index contributed by atoms with van der Waals surface area (Å²) in [7, 11) is -4.34. The highest BCUT2D eigenvalue weighted by molar-refractivity contribution is 7.90. The van der Waals surface area contributed by atoms with Crippen molar-refractivity contribution in [3.8, 4) is 5.69 Å². The standard InChI is InChI=1S/C43H47ClN6O9S/c1-3-4-19-48(21-18-37(54)45-43(25-51,26-52)27-53)42(57)39-38(44)28(2)50(46-39)36-16-14-32(23-35(36)41(56)49-20-17-30-10-6-8-12-33(30)24-49)40(55)47-60(58,59)34-15-13-29-9-5-7-11-31(29)22-34/h5-16,22-23,51-53H,3-4,17-21,24-27H2,1-2H3,(H,45,54)(H,47,55). The number of benzene rings is 4. The highest BCUT2D eigenvalue weighted by Crippen LogP contribution is 2.29. The summed E-state index contributed by atoms with van der Waals surface area (Å²) in [4.78, 5) is 58.1. The largest absolute Gasteiger partial charge is 0.394 e. The molecule has 5 aromatic rings. The molecule has 1 aliphatic rings. The van der Waals surface area contributed by atoms with Crippen molar-refractivity contribution in [2.24, 2.45) is 0 Å². The highest BCUT2D eigenvalue weighted by Gasteiger charge is 2.32. The molecule has 316 valence electrons. The maximum Gasteiger partial charge on any atom is 0.275 e. The average molecular weight is 859 g/mol. The lowest BCUT2D eigenvalue weighted by molar-refractivity contribution is -0.125. The van der Waals surface area contributed by atoms with Crippen LogP contribution in [0, 0.1) is 6.92 Å². The fourth-order valence-electron chi connectivity index (χ4n) is 6.98. The topological polar surface area (TPSA) is 211 Å². The molecule has 5 N–H and O–H groups in total. The first-order valence-corrected chi connectivity index (χ1v) is 21.3. The molecule has 6 rings (SSSR count). The summed E-state index contributed by atoms with van der Waals surface area (Å²) in [6.45, 7) is 2.21. The van der Waals surface area contributed by atoms with E-state index >= 15 is 0 Å². The predicted molar refractivity (Wildman–Crippen MR) is 224 cm³/mol. The molecule has 15 nitrogen and oxygen atoms in total. The zero-order chi connectivity index (χ0) is 43.2. The predicted octanol–water partition coefficient (Wildman–Crippen LogP) is 3.77. The van der Waals surface area contributed by atoms with Gasteiger partial charge in [0.05, 0.1) is 46.7 Å². The van der Waals surface area contributed by atoms with Gasteiger partial charge in [-0.05, 0) is 72.0 Å². The number of carbonyl (C=O) groups is 4. The first-order chi connectivity index (χ1) is 28.7. The van der Waals surface area contributed by atoms with Crippen LogP contribution in [0.4, 0.5) is 0 Å². The Morgan fingerprint density at radius 1 is 0.883 bits per heavy atom. The van der Waals surface area contributed by atoms with Gasteiger partial charge in [-0.3, -0.25) is 19.2 Å². The Kier molecular flexibility index (Phi) is 13.7. The van der Waals surface area contributed by atoms with Crippen LogP contribution in [0.5, 0.6) is 0 Å². The fourth-order valence-corrected chi connectivity index (χ4v) is 8.19. The van der Waals surface area contributed by atoms with Crippen LogP contribution in [0.2, 0.25) is 5.02 Å². The third kappa shape index (κ3) is 9.37. The Labute approximate surface area is 352 Å². The SMILES string of the molecule is CCCCN(CCC(=O)NC(CO)(CO)CO)C(=O)c1nn(-c2ccc(C(=O)NS(=O)(=O)c3ccc4ccccc4c3)cc2C(=O)N2CCc3ccccc3C2)c(C)c1Cl. The molecular formula is C43H47ClN6O9S. The van der Waals surface area contributed by atoms with Crippen molar-refractivity contribution in [3.63, 3.8) is 0 Å². The van der Waals surface area contributed by atoms with Gasteiger partial charge in [0.25, 0.3) is 27.7 Å². The summed E-state index contributed by atoms with van der Waals surface area (Å²) >= 11 is 6.81. The summed E-state index contributed by atoms with van der Waals surface area (Å²) in [6, 6.07) is 23.6. The maximum atomic E-state index is 14.5. The summed E-state index contributed by atoms with van der Waals surface area (Å²) in [6.07, 6.45) is 1.65. The number of amides is 4. The number of fused-ring (bicyclic) bond motifs is 2. The van der Waals surface area contributed by atoms with Crippen LogP contribution in [-0.2, 0) is 27.8 Å². The van der Waals surface area contributed by atoms with Gasteiger partial charge < -0.3 is 30.4 Å². The summed E-state index contributed by atoms with van der Waals surface area (Å²) in [5.74, 6) is -2.66. The van der Waals surface area contributed by atoms with E-state index in [1.54, 1.807) is 30.0 Å². The second kappa shape index (κ2) is 18.7. The van der Waals surface area contributed by atoms with Crippen molar-refractivity contribution >= 4 is 56.0 Å². The van der Waals surface area contributed by atoms with Gasteiger partial charge in [-0.1, -0.05) is 79.5 Å². The molecule has 4 amide bonds. The molecule has 0 saturated carbocycles. The average Bonchev–Trinajstić information content (AvgIpc) is 3.56. The number of nitrogens with zero attached hydrogens (tertiary/aromatic N) is 4. The van der Waals surface area contributed by atoms with Crippen molar-refractivity contribution in [1.82, 2.24) is 29.6 Å². The second-order valence-corrected chi connectivity index (χ2v) is 16.8. The molecule has 0 atom stereocenters. The smallest absolute Gasteiger partial charge is 0.275 e. The number of sulfonamides is 1. The molecule has 0 unspecified atom stereocenters. The molecule has 4 aromatic carbocycles. The lowest BCUT2D eigenvalue weighted by Crippen LogP contribution is -2.57. The molecule has 0 saturated heterocycles. The first-order valence-electron chi connectivity index (χ1n) is 19.5. The van der Waals surface area contributed by atoms with E-state index in [4.69, 9.17) is 11.6 Å². The number of aromatic nitrogens is 2. The molecule has 0 radical (unpaired) electrons. The fraction of sp³-hybridized carbons (Fsp3) is 0.326. The zero-order valence-electron chi connectivity index (χ0n) is 33.2. The first kappa shape index (κ1) is 43.9. The van der Waals surface area contributed by atoms with Gasteiger partial charge in [0.15, 0.2) is 5.69 Å². The molecule has 1 aliphatic heterocycles. The number of rotatable bonds is 16. The summed E-state index contributed by atoms with van der Waals surface area (Å²) < 4.78 is 30.4. The number of halogens is 1. The Morgan fingerprint density at radius 2 is 1.57 bits per heavy atom. The summed E-state index contributed by atoms with van der Waals surface area (Å²) in [5, 5.41) is 37.4. The van der Waals surface area contributed by atoms with Gasteiger partial charge in [-0.15, -0.1) is 0 Å². The number of carbonyl (C=O) groups excluding carboxylic acids is 4. The van der Waals surface area contributed by atoms with Gasteiger partial charge in [0, 0.05) is 38.2 Å². The molecule has 0 bridgehead atoms. The molecule has 2 heterocycles. The minimum absolute atomic E-state index is 0.00560. The number of hydrogen-bond donors (Lipinski definition) is 5. The minimum Gasteiger partial charge on any atom is -0.394 e. The normalized spacial score (nSPS) is 12.9. The van der Waals surface area contributed by atoms with Crippen LogP contribution >= 0.6 is 11.6 Å². The quantitative estimate of drug-likeness (QED) is 0.0970. The van der Waals surface area contributed by atoms with E-state index in [-0.39, 0.29) is 58.5 Å². The minimum atomic E-state index is -4.34. The molecule has 0 spiro atoms. The molecule has 0 fully saturated rings. The van der Waals surface area contributed by atoms with E-state index < -0.39 is 59.0 Å². The van der Waals surface area contributed by atoms with Crippen LogP contribution in [-0.4, -0.2) is 112 Å². The van der Waals surface area contributed by atoms with E-state index in [1.807, 2.05) is 43.3 Å². The van der Waals surface area contributed by atoms with Crippen LogP contribution in [0.1, 0.15) is 74.2 Å². The molecule has 60 heavy (non-hydrogen) atoms. The van der Waals surface area contributed by atoms with Crippen LogP contribution in [0.3, 0.4) is 0 Å². The second-order valence-electron chi connectivity index (χ2n) is 14.8. The number of unbranched alkanes of at least 4 members (excludes halogenated alkanes) is 1. The van der Waals surface area contributed by atoms with E-state index in [1.165, 1.54) is 39.9 Å². The molecule has 1 aromatic heterocycles. The van der Waals surface area contributed by atoms with Gasteiger partial charge in [-0.2, -0.15) is 5.10 Å². The molecule has 17 heteroatoms. The van der Waals surface area contributed by atoms with Gasteiger partial charge in [0.2, 0.25) is 5.91 Å². The van der Waals surface area contributed by atoms with Gasteiger partial charge in [-0.25, -0.2) is 17.8 Å². The number of aliphatic hydroxyl groups is 3. The van der Waals surface area contributed by atoms with Crippen molar-refractivity contribution in [1.29, 1.82) is 0 Å². The number of aliphatic hydroxyl groups excluding tert-OH is 3. The summed E-state index contributed by atoms with van der Waals surface area (Å²) in [5.41, 5.74) is 0.624. The maximum absolute atomic E-state index is 14.5. The third-order valence-corrected chi connectivity index (χ3v) is 12.4. The lowest BCUT2D eigenvalue weighted by Gasteiger charge is -2.29. The van der Waals surface area contributed by atoms with Crippen LogP contribution < -0.4 is 10.0 Å². The Balaban J connectivity index is 1.33. The Bertz CT molecular complexity index is 2530. The molecule has 0 aliphatic carbocycles. The van der Waals surface area contributed by atoms with E-state index in [9.17, 15) is 42.9 Å². The molecular weight excluding hydrogens is 812 g/mol. The van der Waals surface area contributed by atoms with Crippen LogP contribution in [0.15, 0.2) is 89.8 Å². The van der Waals surface area contributed by atoms with Crippen molar-refractivity contribution in [2.75, 3.05) is 39.5 Å². The van der Waals surface area contributed by atoms with Gasteiger partial charge >= 0.3 is 0 Å². The van der Waals surface area contributed by atoms with Crippen molar-refractivity contribution in [2.45, 2.75) is 56.5 Å². The van der Waals surface area contributed by atoms with E-state index in [0.717, 1.165) is 22.9 Å². The highest BCUT2D eigenvalue weighted by atomic mass is 35.5. The van der Waals surface area contributed by atoms with Gasteiger partial charge in [0.1, 0.15) is 5.54 Å². The zero-order valence-corrected chi connectivity index (χ0v) is 34.8. The Morgan fingerprint density at radius 3 is 2.27 bits per heavy atom. The monoisotopic (exact) mass is 858 g/mol. The Hall–Kier alpha value is -5.65. The van der Waals surface area contributed by atoms with Crippen LogP contribution in [0.25, 0.3) is 16.5 Å². The third-order valence-electron chi connectivity index (χ3n) is 10.6. The lowest BCUT2D eigenvalue weighted by atomic mass is 9.98. The van der Waals surface area contributed by atoms with E-state index in [0.29, 0.717) is 30.5 Å². The number of nitrogens with one attached hydrogen (secondary N) is 2. The van der Waals surface area contributed by atoms with E-state index in [2.05, 4.69) is 15.1 Å². The van der Waals surface area contributed by atoms with Crippen molar-refractivity contribution < 1.29 is 42.9 Å². The van der Waals surface area contributed by atoms with Crippen molar-refractivity contribution in [3.05, 3.63) is 124 Å². The number of hydrogen-bond acceptors (Lipinski definition) is 10.